The fourth-order valence-corrected chi connectivity index (χ4v) is 2.60. The molecule has 0 bridgehead atoms. The first-order valence-electron chi connectivity index (χ1n) is 8.50. The third-order valence-corrected chi connectivity index (χ3v) is 4.01. The van der Waals surface area contributed by atoms with Crippen LogP contribution in [0.1, 0.15) is 12.5 Å². The number of carbonyl (C=O) groups excluding carboxylic acids is 2. The number of hydrogen-bond donors (Lipinski definition) is 2. The maximum Gasteiger partial charge on any atom is 0.279 e. The number of rotatable bonds is 5. The molecule has 0 aliphatic rings. The standard InChI is InChI=1S/C21H19FN2O3/c1-14(27-19-9-5-4-8-18(19)22)21(26)24-23-20(25)13-15-10-11-16-6-2-3-7-17(16)12-15/h2-12,14H,13H2,1H3,(H,23,25)(H,24,26). The normalized spacial score (nSPS) is 11.6. The fourth-order valence-electron chi connectivity index (χ4n) is 2.60. The van der Waals surface area contributed by atoms with Crippen LogP contribution in [0.25, 0.3) is 10.8 Å². The molecule has 0 aromatic heterocycles. The van der Waals surface area contributed by atoms with E-state index < -0.39 is 17.8 Å². The summed E-state index contributed by atoms with van der Waals surface area (Å²) in [7, 11) is 0. The molecule has 0 saturated heterocycles. The van der Waals surface area contributed by atoms with Gasteiger partial charge in [-0.3, -0.25) is 20.4 Å². The third-order valence-electron chi connectivity index (χ3n) is 4.01. The average molecular weight is 366 g/mol. The van der Waals surface area contributed by atoms with E-state index in [1.807, 2.05) is 42.5 Å². The summed E-state index contributed by atoms with van der Waals surface area (Å²) in [6.45, 7) is 1.47. The molecule has 1 unspecified atom stereocenters. The number of hydrazine groups is 1. The number of nitrogens with one attached hydrogen (secondary N) is 2. The Morgan fingerprint density at radius 1 is 0.963 bits per heavy atom. The molecule has 6 heteroatoms. The zero-order valence-electron chi connectivity index (χ0n) is 14.7. The van der Waals surface area contributed by atoms with Crippen molar-refractivity contribution in [3.8, 4) is 5.75 Å². The van der Waals surface area contributed by atoms with Gasteiger partial charge in [-0.25, -0.2) is 4.39 Å². The summed E-state index contributed by atoms with van der Waals surface area (Å²) in [6, 6.07) is 19.4. The van der Waals surface area contributed by atoms with E-state index in [0.717, 1.165) is 16.3 Å². The predicted octanol–water partition coefficient (Wildman–Crippen LogP) is 3.14. The summed E-state index contributed by atoms with van der Waals surface area (Å²) < 4.78 is 18.8. The van der Waals surface area contributed by atoms with Gasteiger partial charge in [-0.2, -0.15) is 0 Å². The molecule has 138 valence electrons. The number of carbonyl (C=O) groups is 2. The molecule has 1 atom stereocenters. The Labute approximate surface area is 156 Å². The topological polar surface area (TPSA) is 67.4 Å². The zero-order valence-corrected chi connectivity index (χ0v) is 14.7. The Morgan fingerprint density at radius 2 is 1.67 bits per heavy atom. The van der Waals surface area contributed by atoms with Crippen molar-refractivity contribution in [2.24, 2.45) is 0 Å². The zero-order chi connectivity index (χ0) is 19.2. The van der Waals surface area contributed by atoms with Gasteiger partial charge in [-0.05, 0) is 35.4 Å². The lowest BCUT2D eigenvalue weighted by molar-refractivity contribution is -0.132. The van der Waals surface area contributed by atoms with Crippen molar-refractivity contribution in [2.45, 2.75) is 19.4 Å². The monoisotopic (exact) mass is 366 g/mol. The molecule has 27 heavy (non-hydrogen) atoms. The summed E-state index contributed by atoms with van der Waals surface area (Å²) in [6.07, 6.45) is -0.851. The van der Waals surface area contributed by atoms with Crippen molar-refractivity contribution in [3.63, 3.8) is 0 Å². The highest BCUT2D eigenvalue weighted by molar-refractivity contribution is 5.87. The second-order valence-corrected chi connectivity index (χ2v) is 6.09. The molecule has 3 aromatic rings. The highest BCUT2D eigenvalue weighted by Crippen LogP contribution is 2.17. The van der Waals surface area contributed by atoms with Crippen LogP contribution in [0, 0.1) is 5.82 Å². The largest absolute Gasteiger partial charge is 0.478 e. The van der Waals surface area contributed by atoms with Gasteiger partial charge in [-0.15, -0.1) is 0 Å². The molecule has 2 N–H and O–H groups in total. The minimum atomic E-state index is -0.970. The molecule has 3 aromatic carbocycles. The average Bonchev–Trinajstić information content (AvgIpc) is 2.67. The molecule has 0 aliphatic heterocycles. The number of para-hydroxylation sites is 1. The van der Waals surface area contributed by atoms with Crippen LogP contribution in [0.4, 0.5) is 4.39 Å². The Kier molecular flexibility index (Phi) is 5.66. The van der Waals surface area contributed by atoms with Gasteiger partial charge < -0.3 is 4.74 Å². The quantitative estimate of drug-likeness (QED) is 0.682. The van der Waals surface area contributed by atoms with Crippen LogP contribution < -0.4 is 15.6 Å². The second-order valence-electron chi connectivity index (χ2n) is 6.09. The van der Waals surface area contributed by atoms with Gasteiger partial charge in [0.2, 0.25) is 5.91 Å². The summed E-state index contributed by atoms with van der Waals surface area (Å²) >= 11 is 0. The van der Waals surface area contributed by atoms with Gasteiger partial charge in [0.1, 0.15) is 0 Å². The molecule has 0 saturated carbocycles. The van der Waals surface area contributed by atoms with E-state index in [1.165, 1.54) is 25.1 Å². The SMILES string of the molecule is CC(Oc1ccccc1F)C(=O)NNC(=O)Cc1ccc2ccccc2c1. The van der Waals surface area contributed by atoms with E-state index >= 15 is 0 Å². The van der Waals surface area contributed by atoms with Crippen molar-refractivity contribution in [1.82, 2.24) is 10.9 Å². The number of hydrogen-bond acceptors (Lipinski definition) is 3. The van der Waals surface area contributed by atoms with Gasteiger partial charge in [0.15, 0.2) is 17.7 Å². The van der Waals surface area contributed by atoms with Crippen LogP contribution in [0.3, 0.4) is 0 Å². The lowest BCUT2D eigenvalue weighted by Gasteiger charge is -2.15. The number of ether oxygens (including phenoxy) is 1. The molecule has 2 amide bonds. The molecule has 0 spiro atoms. The van der Waals surface area contributed by atoms with Gasteiger partial charge >= 0.3 is 0 Å². The van der Waals surface area contributed by atoms with E-state index in [0.29, 0.717) is 0 Å². The van der Waals surface area contributed by atoms with Crippen molar-refractivity contribution in [2.75, 3.05) is 0 Å². The maximum atomic E-state index is 13.6. The number of benzene rings is 3. The van der Waals surface area contributed by atoms with Crippen LogP contribution in [0.2, 0.25) is 0 Å². The highest BCUT2D eigenvalue weighted by atomic mass is 19.1. The summed E-state index contributed by atoms with van der Waals surface area (Å²) in [5.74, 6) is -1.53. The minimum absolute atomic E-state index is 0.0253. The Morgan fingerprint density at radius 3 is 2.44 bits per heavy atom. The number of amides is 2. The summed E-state index contributed by atoms with van der Waals surface area (Å²) in [5.41, 5.74) is 5.47. The summed E-state index contributed by atoms with van der Waals surface area (Å²) in [4.78, 5) is 24.1. The molecular weight excluding hydrogens is 347 g/mol. The Bertz CT molecular complexity index is 974. The second kappa shape index (κ2) is 8.31. The van der Waals surface area contributed by atoms with Gasteiger partial charge in [0.25, 0.3) is 5.91 Å². The predicted molar refractivity (Wildman–Crippen MR) is 100 cm³/mol. The lowest BCUT2D eigenvalue weighted by Crippen LogP contribution is -2.47. The van der Waals surface area contributed by atoms with E-state index in [-0.39, 0.29) is 18.1 Å². The highest BCUT2D eigenvalue weighted by Gasteiger charge is 2.17. The van der Waals surface area contributed by atoms with E-state index in [2.05, 4.69) is 10.9 Å². The van der Waals surface area contributed by atoms with E-state index in [9.17, 15) is 14.0 Å². The van der Waals surface area contributed by atoms with Crippen molar-refractivity contribution in [3.05, 3.63) is 78.1 Å². The smallest absolute Gasteiger partial charge is 0.279 e. The first-order valence-corrected chi connectivity index (χ1v) is 8.50. The van der Waals surface area contributed by atoms with Crippen molar-refractivity contribution >= 4 is 22.6 Å². The van der Waals surface area contributed by atoms with E-state index in [1.54, 1.807) is 6.07 Å². The van der Waals surface area contributed by atoms with Crippen LogP contribution in [0.15, 0.2) is 66.7 Å². The van der Waals surface area contributed by atoms with Crippen LogP contribution in [-0.4, -0.2) is 17.9 Å². The van der Waals surface area contributed by atoms with E-state index in [4.69, 9.17) is 4.74 Å². The molecule has 5 nitrogen and oxygen atoms in total. The first-order chi connectivity index (χ1) is 13.0. The number of fused-ring (bicyclic) bond motifs is 1. The molecule has 0 fully saturated rings. The molecule has 3 rings (SSSR count). The Balaban J connectivity index is 1.51. The number of halogens is 1. The molecule has 0 aliphatic carbocycles. The summed E-state index contributed by atoms with van der Waals surface area (Å²) in [5, 5.41) is 2.13. The molecule has 0 heterocycles. The fraction of sp³-hybridized carbons (Fsp3) is 0.143. The van der Waals surface area contributed by atoms with Crippen LogP contribution in [-0.2, 0) is 16.0 Å². The van der Waals surface area contributed by atoms with Crippen molar-refractivity contribution < 1.29 is 18.7 Å². The van der Waals surface area contributed by atoms with Gasteiger partial charge in [0, 0.05) is 0 Å². The lowest BCUT2D eigenvalue weighted by atomic mass is 10.1. The van der Waals surface area contributed by atoms with Crippen molar-refractivity contribution in [1.29, 1.82) is 0 Å². The van der Waals surface area contributed by atoms with Crippen LogP contribution in [0.5, 0.6) is 5.75 Å². The first kappa shape index (κ1) is 18.4. The van der Waals surface area contributed by atoms with Gasteiger partial charge in [-0.1, -0.05) is 54.6 Å². The maximum absolute atomic E-state index is 13.6. The molecule has 0 radical (unpaired) electrons. The third kappa shape index (κ3) is 4.82. The van der Waals surface area contributed by atoms with Crippen LogP contribution >= 0.6 is 0 Å². The van der Waals surface area contributed by atoms with Gasteiger partial charge in [0.05, 0.1) is 6.42 Å². The molecular formula is C21H19FN2O3. The minimum Gasteiger partial charge on any atom is -0.478 e. The Hall–Kier alpha value is -3.41.